The largest absolute Gasteiger partial charge is 0.0991 e. The van der Waals surface area contributed by atoms with Gasteiger partial charge in [-0.25, -0.2) is 0 Å². The first-order chi connectivity index (χ1) is 13.3. The molecule has 0 saturated heterocycles. The van der Waals surface area contributed by atoms with Gasteiger partial charge in [0.1, 0.15) is 0 Å². The van der Waals surface area contributed by atoms with Crippen molar-refractivity contribution in [2.24, 2.45) is 17.8 Å². The molecule has 1 aromatic carbocycles. The van der Waals surface area contributed by atoms with E-state index in [-0.39, 0.29) is 0 Å². The summed E-state index contributed by atoms with van der Waals surface area (Å²) in [5.74, 6) is 3.63. The second kappa shape index (κ2) is 10.9. The molecule has 0 radical (unpaired) electrons. The zero-order valence-corrected chi connectivity index (χ0v) is 17.5. The normalized spacial score (nSPS) is 29.1. The van der Waals surface area contributed by atoms with Crippen molar-refractivity contribution in [1.82, 2.24) is 0 Å². The van der Waals surface area contributed by atoms with Crippen LogP contribution in [0.2, 0.25) is 0 Å². The summed E-state index contributed by atoms with van der Waals surface area (Å²) in [6.45, 7) is 6.08. The van der Waals surface area contributed by atoms with Crippen LogP contribution in [0.5, 0.6) is 0 Å². The summed E-state index contributed by atoms with van der Waals surface area (Å²) in [5.41, 5.74) is 3.13. The summed E-state index contributed by atoms with van der Waals surface area (Å²) in [6.07, 6.45) is 23.2. The van der Waals surface area contributed by atoms with Crippen molar-refractivity contribution in [3.8, 4) is 0 Å². The Hall–Kier alpha value is -1.30. The van der Waals surface area contributed by atoms with E-state index in [0.29, 0.717) is 0 Å². The van der Waals surface area contributed by atoms with Crippen LogP contribution >= 0.6 is 0 Å². The van der Waals surface area contributed by atoms with Gasteiger partial charge in [0, 0.05) is 0 Å². The molecular weight excluding hydrogens is 324 g/mol. The zero-order chi connectivity index (χ0) is 18.9. The van der Waals surface area contributed by atoms with Gasteiger partial charge >= 0.3 is 0 Å². The molecule has 2 fully saturated rings. The summed E-state index contributed by atoms with van der Waals surface area (Å²) >= 11 is 0. The third-order valence-electron chi connectivity index (χ3n) is 7.29. The average Bonchev–Trinajstić information content (AvgIpc) is 2.73. The highest BCUT2D eigenvalue weighted by Crippen LogP contribution is 2.44. The number of allylic oxidation sites excluding steroid dienone is 3. The van der Waals surface area contributed by atoms with Crippen molar-refractivity contribution in [1.29, 1.82) is 0 Å². The molecular formula is C27H40. The van der Waals surface area contributed by atoms with E-state index in [4.69, 9.17) is 0 Å². The maximum atomic E-state index is 3.80. The SMILES string of the molecule is C=CC=CC1CCC(C2CCC(c3ccc(CCCCC)cc3)CC2)CC1. The van der Waals surface area contributed by atoms with Gasteiger partial charge in [-0.05, 0) is 99.0 Å². The Morgan fingerprint density at radius 2 is 1.48 bits per heavy atom. The van der Waals surface area contributed by atoms with E-state index in [1.165, 1.54) is 82.6 Å². The zero-order valence-electron chi connectivity index (χ0n) is 17.5. The third-order valence-corrected chi connectivity index (χ3v) is 7.29. The maximum absolute atomic E-state index is 3.80. The van der Waals surface area contributed by atoms with Gasteiger partial charge in [-0.2, -0.15) is 0 Å². The molecule has 0 bridgehead atoms. The molecule has 1 aromatic rings. The fraction of sp³-hybridized carbons (Fsp3) is 0.630. The van der Waals surface area contributed by atoms with Crippen LogP contribution in [0.25, 0.3) is 0 Å². The van der Waals surface area contributed by atoms with E-state index in [9.17, 15) is 0 Å². The van der Waals surface area contributed by atoms with Crippen LogP contribution in [0.15, 0.2) is 49.1 Å². The molecule has 0 spiro atoms. The molecule has 0 nitrogen and oxygen atoms in total. The Balaban J connectivity index is 1.42. The Morgan fingerprint density at radius 1 is 0.852 bits per heavy atom. The van der Waals surface area contributed by atoms with Gasteiger partial charge in [0.15, 0.2) is 0 Å². The van der Waals surface area contributed by atoms with E-state index < -0.39 is 0 Å². The van der Waals surface area contributed by atoms with Gasteiger partial charge < -0.3 is 0 Å². The minimum Gasteiger partial charge on any atom is -0.0991 e. The Labute approximate surface area is 168 Å². The lowest BCUT2D eigenvalue weighted by Gasteiger charge is -2.37. The summed E-state index contributed by atoms with van der Waals surface area (Å²) < 4.78 is 0. The minimum absolute atomic E-state index is 0.812. The molecule has 0 heteroatoms. The van der Waals surface area contributed by atoms with Crippen LogP contribution in [0, 0.1) is 17.8 Å². The van der Waals surface area contributed by atoms with Gasteiger partial charge in [-0.3, -0.25) is 0 Å². The standard InChI is InChI=1S/C27H40/c1-3-5-7-9-23-12-16-25(17-13-23)27-20-18-26(19-21-27)24-14-10-22(11-15-24)8-6-4-2/h4,6,8,12-13,16-17,22,24,26-27H,2-3,5,7,9-11,14-15,18-21H2,1H3. The van der Waals surface area contributed by atoms with E-state index in [2.05, 4.69) is 49.9 Å². The van der Waals surface area contributed by atoms with Crippen molar-refractivity contribution in [3.05, 3.63) is 60.2 Å². The Kier molecular flexibility index (Phi) is 8.24. The lowest BCUT2D eigenvalue weighted by molar-refractivity contribution is 0.171. The van der Waals surface area contributed by atoms with Gasteiger partial charge in [0.25, 0.3) is 0 Å². The number of hydrogen-bond acceptors (Lipinski definition) is 0. The molecule has 0 atom stereocenters. The highest BCUT2D eigenvalue weighted by atomic mass is 14.4. The van der Waals surface area contributed by atoms with Gasteiger partial charge in [0.2, 0.25) is 0 Å². The predicted molar refractivity (Wildman–Crippen MR) is 119 cm³/mol. The molecule has 2 aliphatic carbocycles. The predicted octanol–water partition coefficient (Wildman–Crippen LogP) is 8.24. The maximum Gasteiger partial charge on any atom is -0.0162 e. The highest BCUT2D eigenvalue weighted by Gasteiger charge is 2.30. The highest BCUT2D eigenvalue weighted by molar-refractivity contribution is 5.26. The first kappa shape index (κ1) is 20.4. The smallest absolute Gasteiger partial charge is 0.0162 e. The fourth-order valence-electron chi connectivity index (χ4n) is 5.50. The molecule has 3 rings (SSSR count). The number of benzene rings is 1. The molecule has 2 saturated carbocycles. The lowest BCUT2D eigenvalue weighted by atomic mass is 9.68. The van der Waals surface area contributed by atoms with Crippen LogP contribution < -0.4 is 0 Å². The molecule has 2 aliphatic rings. The minimum atomic E-state index is 0.812. The second-order valence-electron chi connectivity index (χ2n) is 9.11. The molecule has 0 N–H and O–H groups in total. The third kappa shape index (κ3) is 6.09. The molecule has 0 unspecified atom stereocenters. The summed E-state index contributed by atoms with van der Waals surface area (Å²) in [6, 6.07) is 9.66. The number of unbranched alkanes of at least 4 members (excludes halogenated alkanes) is 2. The van der Waals surface area contributed by atoms with E-state index in [1.807, 2.05) is 6.08 Å². The van der Waals surface area contributed by atoms with Crippen molar-refractivity contribution in [3.63, 3.8) is 0 Å². The van der Waals surface area contributed by atoms with Crippen LogP contribution in [0.1, 0.15) is 94.6 Å². The molecule has 0 aromatic heterocycles. The quantitative estimate of drug-likeness (QED) is 0.322. The molecule has 0 aliphatic heterocycles. The van der Waals surface area contributed by atoms with Gasteiger partial charge in [-0.1, -0.05) is 68.8 Å². The fourth-order valence-corrected chi connectivity index (χ4v) is 5.50. The van der Waals surface area contributed by atoms with E-state index in [1.54, 1.807) is 5.56 Å². The van der Waals surface area contributed by atoms with E-state index >= 15 is 0 Å². The second-order valence-corrected chi connectivity index (χ2v) is 9.11. The molecule has 148 valence electrons. The molecule has 0 heterocycles. The summed E-state index contributed by atoms with van der Waals surface area (Å²) in [4.78, 5) is 0. The first-order valence-electron chi connectivity index (χ1n) is 11.7. The van der Waals surface area contributed by atoms with E-state index in [0.717, 1.165) is 23.7 Å². The molecule has 0 amide bonds. The number of rotatable bonds is 8. The van der Waals surface area contributed by atoms with Gasteiger partial charge in [0.05, 0.1) is 0 Å². The Morgan fingerprint density at radius 3 is 2.07 bits per heavy atom. The van der Waals surface area contributed by atoms with Crippen LogP contribution in [-0.2, 0) is 6.42 Å². The van der Waals surface area contributed by atoms with Crippen molar-refractivity contribution >= 4 is 0 Å². The van der Waals surface area contributed by atoms with Gasteiger partial charge in [-0.15, -0.1) is 0 Å². The van der Waals surface area contributed by atoms with Crippen LogP contribution in [0.4, 0.5) is 0 Å². The monoisotopic (exact) mass is 364 g/mol. The van der Waals surface area contributed by atoms with Crippen molar-refractivity contribution in [2.45, 2.75) is 89.9 Å². The Bertz CT molecular complexity index is 563. The average molecular weight is 365 g/mol. The summed E-state index contributed by atoms with van der Waals surface area (Å²) in [7, 11) is 0. The van der Waals surface area contributed by atoms with Crippen molar-refractivity contribution < 1.29 is 0 Å². The van der Waals surface area contributed by atoms with Crippen LogP contribution in [0.3, 0.4) is 0 Å². The van der Waals surface area contributed by atoms with Crippen molar-refractivity contribution in [2.75, 3.05) is 0 Å². The first-order valence-corrected chi connectivity index (χ1v) is 11.7. The number of aryl methyl sites for hydroxylation is 1. The summed E-state index contributed by atoms with van der Waals surface area (Å²) in [5, 5.41) is 0. The van der Waals surface area contributed by atoms with Crippen LogP contribution in [-0.4, -0.2) is 0 Å². The molecule has 27 heavy (non-hydrogen) atoms. The topological polar surface area (TPSA) is 0 Å². The number of hydrogen-bond donors (Lipinski definition) is 0. The lowest BCUT2D eigenvalue weighted by Crippen LogP contribution is -2.25.